The third-order valence-electron chi connectivity index (χ3n) is 4.62. The van der Waals surface area contributed by atoms with Crippen molar-refractivity contribution in [2.75, 3.05) is 0 Å². The first-order valence-electron chi connectivity index (χ1n) is 10.1. The maximum atomic E-state index is 12.2. The summed E-state index contributed by atoms with van der Waals surface area (Å²) in [7, 11) is 0. The first-order chi connectivity index (χ1) is 16.3. The van der Waals surface area contributed by atoms with Crippen LogP contribution in [0, 0.1) is 10.1 Å². The first kappa shape index (κ1) is 23.8. The lowest BCUT2D eigenvalue weighted by molar-refractivity contribution is -0.384. The standard InChI is InChI=1S/C24H20N4O6/c1-16(26-27-23(30)22(29)25-15-17-5-3-2-4-6-17)18-9-13-21(14-10-18)34-24(31)19-7-11-20(12-8-19)28(32)33/h2-14H,15H2,1H3,(H,25,29)(H,27,30)/b26-16+. The van der Waals surface area contributed by atoms with E-state index >= 15 is 0 Å². The Hall–Kier alpha value is -4.86. The van der Waals surface area contributed by atoms with Crippen LogP contribution in [-0.4, -0.2) is 28.4 Å². The number of nitro benzene ring substituents is 1. The molecule has 3 rings (SSSR count). The molecule has 0 aliphatic carbocycles. The number of ether oxygens (including phenoxy) is 1. The summed E-state index contributed by atoms with van der Waals surface area (Å²) in [5, 5.41) is 17.1. The van der Waals surface area contributed by atoms with Gasteiger partial charge in [0.1, 0.15) is 5.75 Å². The highest BCUT2D eigenvalue weighted by Gasteiger charge is 2.13. The second kappa shape index (κ2) is 11.1. The number of carbonyl (C=O) groups excluding carboxylic acids is 3. The summed E-state index contributed by atoms with van der Waals surface area (Å²) in [6, 6.07) is 20.5. The fraction of sp³-hybridized carbons (Fsp3) is 0.0833. The summed E-state index contributed by atoms with van der Waals surface area (Å²) in [4.78, 5) is 46.2. The molecular formula is C24H20N4O6. The third kappa shape index (κ3) is 6.57. The Bertz CT molecular complexity index is 1220. The van der Waals surface area contributed by atoms with Crippen molar-refractivity contribution in [3.05, 3.63) is 106 Å². The Kier molecular flexibility index (Phi) is 7.79. The molecule has 3 aromatic carbocycles. The van der Waals surface area contributed by atoms with Gasteiger partial charge in [-0.3, -0.25) is 19.7 Å². The Morgan fingerprint density at radius 3 is 2.12 bits per heavy atom. The molecule has 10 nitrogen and oxygen atoms in total. The Morgan fingerprint density at radius 1 is 0.882 bits per heavy atom. The van der Waals surface area contributed by atoms with Crippen LogP contribution in [-0.2, 0) is 16.1 Å². The monoisotopic (exact) mass is 460 g/mol. The van der Waals surface area contributed by atoms with Gasteiger partial charge < -0.3 is 10.1 Å². The minimum atomic E-state index is -0.899. The van der Waals surface area contributed by atoms with Gasteiger partial charge in [0.25, 0.3) is 5.69 Å². The quantitative estimate of drug-likeness (QED) is 0.139. The van der Waals surface area contributed by atoms with Gasteiger partial charge in [0, 0.05) is 18.7 Å². The van der Waals surface area contributed by atoms with Crippen LogP contribution in [0.25, 0.3) is 0 Å². The SMILES string of the molecule is C/C(=N\NC(=O)C(=O)NCc1ccccc1)c1ccc(OC(=O)c2ccc([N+](=O)[O-])cc2)cc1. The molecule has 0 fully saturated rings. The fourth-order valence-corrected chi connectivity index (χ4v) is 2.76. The largest absolute Gasteiger partial charge is 0.423 e. The highest BCUT2D eigenvalue weighted by Crippen LogP contribution is 2.17. The molecule has 0 aromatic heterocycles. The van der Waals surface area contributed by atoms with Gasteiger partial charge in [-0.05, 0) is 54.4 Å². The number of carbonyl (C=O) groups is 3. The summed E-state index contributed by atoms with van der Waals surface area (Å²) in [6.07, 6.45) is 0. The van der Waals surface area contributed by atoms with Crippen LogP contribution in [0.2, 0.25) is 0 Å². The Labute approximate surface area is 194 Å². The van der Waals surface area contributed by atoms with Gasteiger partial charge in [-0.1, -0.05) is 30.3 Å². The van der Waals surface area contributed by atoms with Crippen LogP contribution < -0.4 is 15.5 Å². The lowest BCUT2D eigenvalue weighted by Gasteiger charge is -2.07. The van der Waals surface area contributed by atoms with E-state index in [0.29, 0.717) is 11.3 Å². The molecule has 0 radical (unpaired) electrons. The Balaban J connectivity index is 1.52. The number of rotatable bonds is 7. The third-order valence-corrected chi connectivity index (χ3v) is 4.62. The molecule has 0 unspecified atom stereocenters. The molecule has 3 aromatic rings. The van der Waals surface area contributed by atoms with E-state index in [9.17, 15) is 24.5 Å². The minimum absolute atomic E-state index is 0.128. The molecule has 0 aliphatic heterocycles. The molecule has 0 aliphatic rings. The second-order valence-corrected chi connectivity index (χ2v) is 7.02. The van der Waals surface area contributed by atoms with E-state index < -0.39 is 22.7 Å². The van der Waals surface area contributed by atoms with E-state index in [1.54, 1.807) is 19.1 Å². The topological polar surface area (TPSA) is 140 Å². The molecule has 0 atom stereocenters. The number of hydrogen-bond acceptors (Lipinski definition) is 7. The summed E-state index contributed by atoms with van der Waals surface area (Å²) >= 11 is 0. The number of nitrogens with one attached hydrogen (secondary N) is 2. The number of esters is 1. The molecule has 34 heavy (non-hydrogen) atoms. The van der Waals surface area contributed by atoms with E-state index in [2.05, 4.69) is 15.8 Å². The van der Waals surface area contributed by atoms with Crippen molar-refractivity contribution in [3.8, 4) is 5.75 Å². The van der Waals surface area contributed by atoms with Gasteiger partial charge in [-0.15, -0.1) is 0 Å². The maximum Gasteiger partial charge on any atom is 0.343 e. The normalized spacial score (nSPS) is 10.8. The van der Waals surface area contributed by atoms with Crippen molar-refractivity contribution in [2.45, 2.75) is 13.5 Å². The number of non-ortho nitro benzene ring substituents is 1. The molecule has 10 heteroatoms. The van der Waals surface area contributed by atoms with Crippen LogP contribution >= 0.6 is 0 Å². The maximum absolute atomic E-state index is 12.2. The molecule has 2 amide bonds. The molecular weight excluding hydrogens is 440 g/mol. The second-order valence-electron chi connectivity index (χ2n) is 7.02. The fourth-order valence-electron chi connectivity index (χ4n) is 2.76. The highest BCUT2D eigenvalue weighted by atomic mass is 16.6. The van der Waals surface area contributed by atoms with E-state index in [4.69, 9.17) is 4.74 Å². The van der Waals surface area contributed by atoms with Gasteiger partial charge in [0.2, 0.25) is 0 Å². The van der Waals surface area contributed by atoms with Crippen molar-refractivity contribution in [2.24, 2.45) is 5.10 Å². The molecule has 0 heterocycles. The molecule has 0 bridgehead atoms. The van der Waals surface area contributed by atoms with Crippen LogP contribution in [0.15, 0.2) is 84.0 Å². The van der Waals surface area contributed by atoms with Gasteiger partial charge in [-0.2, -0.15) is 5.10 Å². The van der Waals surface area contributed by atoms with Gasteiger partial charge in [-0.25, -0.2) is 10.2 Å². The predicted molar refractivity (Wildman–Crippen MR) is 123 cm³/mol. The van der Waals surface area contributed by atoms with E-state index in [1.807, 2.05) is 30.3 Å². The van der Waals surface area contributed by atoms with Crippen molar-refractivity contribution >= 4 is 29.2 Å². The number of hydrogen-bond donors (Lipinski definition) is 2. The number of amides is 2. The number of benzene rings is 3. The Morgan fingerprint density at radius 2 is 1.50 bits per heavy atom. The molecule has 0 spiro atoms. The minimum Gasteiger partial charge on any atom is -0.423 e. The summed E-state index contributed by atoms with van der Waals surface area (Å²) < 4.78 is 5.26. The molecule has 0 saturated heterocycles. The summed E-state index contributed by atoms with van der Waals surface area (Å²) in [5.74, 6) is -2.12. The average molecular weight is 460 g/mol. The van der Waals surface area contributed by atoms with E-state index in [1.165, 1.54) is 36.4 Å². The molecule has 0 saturated carbocycles. The summed E-state index contributed by atoms with van der Waals surface area (Å²) in [5.41, 5.74) is 4.15. The zero-order valence-corrected chi connectivity index (χ0v) is 18.1. The summed E-state index contributed by atoms with van der Waals surface area (Å²) in [6.45, 7) is 1.86. The smallest absolute Gasteiger partial charge is 0.343 e. The van der Waals surface area contributed by atoms with Gasteiger partial charge >= 0.3 is 17.8 Å². The lowest BCUT2D eigenvalue weighted by Crippen LogP contribution is -2.37. The van der Waals surface area contributed by atoms with Crippen LogP contribution in [0.1, 0.15) is 28.4 Å². The lowest BCUT2D eigenvalue weighted by atomic mass is 10.1. The number of hydrazone groups is 1. The van der Waals surface area contributed by atoms with Crippen molar-refractivity contribution in [3.63, 3.8) is 0 Å². The molecule has 2 N–H and O–H groups in total. The van der Waals surface area contributed by atoms with Gasteiger partial charge in [0.05, 0.1) is 16.2 Å². The van der Waals surface area contributed by atoms with Crippen LogP contribution in [0.5, 0.6) is 5.75 Å². The van der Waals surface area contributed by atoms with Crippen LogP contribution in [0.4, 0.5) is 5.69 Å². The molecule has 172 valence electrons. The number of nitrogens with zero attached hydrogens (tertiary/aromatic N) is 2. The average Bonchev–Trinajstić information content (AvgIpc) is 2.86. The van der Waals surface area contributed by atoms with Gasteiger partial charge in [0.15, 0.2) is 0 Å². The van der Waals surface area contributed by atoms with E-state index in [-0.39, 0.29) is 23.5 Å². The zero-order chi connectivity index (χ0) is 24.5. The van der Waals surface area contributed by atoms with E-state index in [0.717, 1.165) is 5.56 Å². The zero-order valence-electron chi connectivity index (χ0n) is 18.1. The predicted octanol–water partition coefficient (Wildman–Crippen LogP) is 2.97. The van der Waals surface area contributed by atoms with Crippen LogP contribution in [0.3, 0.4) is 0 Å². The first-order valence-corrected chi connectivity index (χ1v) is 10.1. The van der Waals surface area contributed by atoms with Crippen molar-refractivity contribution in [1.29, 1.82) is 0 Å². The number of nitro groups is 1. The van der Waals surface area contributed by atoms with Crippen molar-refractivity contribution < 1.29 is 24.0 Å². The van der Waals surface area contributed by atoms with Crippen molar-refractivity contribution in [1.82, 2.24) is 10.7 Å². The highest BCUT2D eigenvalue weighted by molar-refractivity contribution is 6.35.